The molecule has 6 heteroatoms. The minimum absolute atomic E-state index is 0.0220. The Morgan fingerprint density at radius 3 is 2.38 bits per heavy atom. The molecular formula is C10H13ClN4O. The number of hydrogen-bond donors (Lipinski definition) is 0. The molecule has 0 amide bonds. The van der Waals surface area contributed by atoms with E-state index in [1.54, 1.807) is 0 Å². The molecule has 1 atom stereocenters. The second-order valence-corrected chi connectivity index (χ2v) is 4.14. The van der Waals surface area contributed by atoms with E-state index in [2.05, 4.69) is 15.4 Å². The maximum atomic E-state index is 6.00. The van der Waals surface area contributed by atoms with Gasteiger partial charge in [0.2, 0.25) is 5.28 Å². The molecule has 2 aromatic heterocycles. The molecule has 0 radical (unpaired) electrons. The molecule has 0 aliphatic carbocycles. The van der Waals surface area contributed by atoms with E-state index in [-0.39, 0.29) is 6.04 Å². The quantitative estimate of drug-likeness (QED) is 0.809. The van der Waals surface area contributed by atoms with Crippen molar-refractivity contribution in [1.29, 1.82) is 0 Å². The Labute approximate surface area is 98.4 Å². The third-order valence-corrected chi connectivity index (χ3v) is 2.98. The molecule has 0 N–H and O–H groups in total. The minimum atomic E-state index is 0.0220. The zero-order chi connectivity index (χ0) is 11.9. The van der Waals surface area contributed by atoms with Gasteiger partial charge in [-0.15, -0.1) is 10.2 Å². The zero-order valence-corrected chi connectivity index (χ0v) is 10.4. The second-order valence-electron chi connectivity index (χ2n) is 3.80. The van der Waals surface area contributed by atoms with Crippen LogP contribution in [0.3, 0.4) is 0 Å². The van der Waals surface area contributed by atoms with Crippen molar-refractivity contribution >= 4 is 11.6 Å². The van der Waals surface area contributed by atoms with E-state index in [0.29, 0.717) is 5.28 Å². The lowest BCUT2D eigenvalue weighted by Crippen LogP contribution is -2.10. The fourth-order valence-corrected chi connectivity index (χ4v) is 2.31. The SMILES string of the molecule is Cc1noc(C)c1C(C)n1c(C)nnc1Cl. The fourth-order valence-electron chi connectivity index (χ4n) is 2.00. The van der Waals surface area contributed by atoms with Crippen molar-refractivity contribution < 1.29 is 4.52 Å². The molecule has 0 aliphatic rings. The molecule has 86 valence electrons. The first-order valence-electron chi connectivity index (χ1n) is 5.02. The Bertz CT molecular complexity index is 432. The number of aryl methyl sites for hydroxylation is 3. The van der Waals surface area contributed by atoms with Crippen LogP contribution in [0.25, 0.3) is 0 Å². The Hall–Kier alpha value is -1.36. The van der Waals surface area contributed by atoms with Crippen LogP contribution in [0.4, 0.5) is 0 Å². The monoisotopic (exact) mass is 240 g/mol. The number of aromatic nitrogens is 4. The highest BCUT2D eigenvalue weighted by molar-refractivity contribution is 6.28. The van der Waals surface area contributed by atoms with Gasteiger partial charge < -0.3 is 4.52 Å². The van der Waals surface area contributed by atoms with Gasteiger partial charge in [0.15, 0.2) is 0 Å². The summed E-state index contributed by atoms with van der Waals surface area (Å²) in [5.41, 5.74) is 1.90. The predicted octanol–water partition coefficient (Wildman–Crippen LogP) is 2.45. The molecule has 1 unspecified atom stereocenters. The summed E-state index contributed by atoms with van der Waals surface area (Å²) in [5, 5.41) is 12.1. The summed E-state index contributed by atoms with van der Waals surface area (Å²) in [5.74, 6) is 1.58. The lowest BCUT2D eigenvalue weighted by molar-refractivity contribution is 0.391. The van der Waals surface area contributed by atoms with Crippen LogP contribution in [0.1, 0.15) is 35.8 Å². The van der Waals surface area contributed by atoms with Crippen LogP contribution >= 0.6 is 11.6 Å². The third kappa shape index (κ3) is 1.61. The molecule has 0 aliphatic heterocycles. The van der Waals surface area contributed by atoms with Crippen molar-refractivity contribution in [2.24, 2.45) is 0 Å². The highest BCUT2D eigenvalue weighted by atomic mass is 35.5. The van der Waals surface area contributed by atoms with Gasteiger partial charge in [-0.3, -0.25) is 4.57 Å². The number of halogens is 1. The van der Waals surface area contributed by atoms with Gasteiger partial charge in [0.25, 0.3) is 0 Å². The smallest absolute Gasteiger partial charge is 0.225 e. The molecule has 2 heterocycles. The molecule has 0 aromatic carbocycles. The van der Waals surface area contributed by atoms with Crippen molar-refractivity contribution in [2.75, 3.05) is 0 Å². The first-order chi connectivity index (χ1) is 7.52. The molecule has 16 heavy (non-hydrogen) atoms. The van der Waals surface area contributed by atoms with Crippen molar-refractivity contribution in [3.63, 3.8) is 0 Å². The van der Waals surface area contributed by atoms with Crippen molar-refractivity contribution in [3.8, 4) is 0 Å². The maximum absolute atomic E-state index is 6.00. The van der Waals surface area contributed by atoms with Gasteiger partial charge in [-0.05, 0) is 39.3 Å². The van der Waals surface area contributed by atoms with Crippen LogP contribution in [-0.4, -0.2) is 19.9 Å². The van der Waals surface area contributed by atoms with Crippen LogP contribution in [0.15, 0.2) is 4.52 Å². The van der Waals surface area contributed by atoms with Gasteiger partial charge in [-0.2, -0.15) is 0 Å². The van der Waals surface area contributed by atoms with Gasteiger partial charge in [0, 0.05) is 5.56 Å². The zero-order valence-electron chi connectivity index (χ0n) is 9.65. The van der Waals surface area contributed by atoms with E-state index in [9.17, 15) is 0 Å². The number of rotatable bonds is 2. The van der Waals surface area contributed by atoms with Crippen molar-refractivity contribution in [1.82, 2.24) is 19.9 Å². The molecule has 0 fully saturated rings. The van der Waals surface area contributed by atoms with Gasteiger partial charge >= 0.3 is 0 Å². The Balaban J connectivity index is 2.51. The van der Waals surface area contributed by atoms with Gasteiger partial charge in [0.1, 0.15) is 11.6 Å². The van der Waals surface area contributed by atoms with E-state index in [0.717, 1.165) is 22.8 Å². The maximum Gasteiger partial charge on any atom is 0.225 e. The molecule has 0 spiro atoms. The topological polar surface area (TPSA) is 56.7 Å². The number of hydrogen-bond acceptors (Lipinski definition) is 4. The Kier molecular flexibility index (Phi) is 2.71. The minimum Gasteiger partial charge on any atom is -0.361 e. The van der Waals surface area contributed by atoms with Gasteiger partial charge in [-0.1, -0.05) is 5.16 Å². The predicted molar refractivity (Wildman–Crippen MR) is 59.6 cm³/mol. The molecule has 0 saturated carbocycles. The first-order valence-corrected chi connectivity index (χ1v) is 5.40. The molecule has 5 nitrogen and oxygen atoms in total. The standard InChI is InChI=1S/C10H13ClN4O/c1-5-9(7(3)16-14-5)6(2)15-8(4)12-13-10(15)11/h6H,1-4H3. The average Bonchev–Trinajstić information content (AvgIpc) is 2.71. The third-order valence-electron chi connectivity index (χ3n) is 2.72. The summed E-state index contributed by atoms with van der Waals surface area (Å²) in [6.45, 7) is 7.69. The number of nitrogens with zero attached hydrogens (tertiary/aromatic N) is 4. The summed E-state index contributed by atoms with van der Waals surface area (Å²) in [7, 11) is 0. The highest BCUT2D eigenvalue weighted by Crippen LogP contribution is 2.27. The second kappa shape index (κ2) is 3.90. The summed E-state index contributed by atoms with van der Waals surface area (Å²) in [6.07, 6.45) is 0. The molecule has 0 saturated heterocycles. The molecule has 0 bridgehead atoms. The largest absolute Gasteiger partial charge is 0.361 e. The van der Waals surface area contributed by atoms with Gasteiger partial charge in [0.05, 0.1) is 11.7 Å². The normalized spacial score (nSPS) is 13.1. The lowest BCUT2D eigenvalue weighted by atomic mass is 10.1. The van der Waals surface area contributed by atoms with Crippen molar-refractivity contribution in [2.45, 2.75) is 33.7 Å². The van der Waals surface area contributed by atoms with Crippen molar-refractivity contribution in [3.05, 3.63) is 28.1 Å². The van der Waals surface area contributed by atoms with E-state index in [1.165, 1.54) is 0 Å². The highest BCUT2D eigenvalue weighted by Gasteiger charge is 2.21. The molecule has 2 rings (SSSR count). The Morgan fingerprint density at radius 2 is 1.94 bits per heavy atom. The fraction of sp³-hybridized carbons (Fsp3) is 0.500. The van der Waals surface area contributed by atoms with Gasteiger partial charge in [-0.25, -0.2) is 0 Å². The van der Waals surface area contributed by atoms with Crippen LogP contribution in [0.5, 0.6) is 0 Å². The average molecular weight is 241 g/mol. The van der Waals surface area contributed by atoms with E-state index >= 15 is 0 Å². The van der Waals surface area contributed by atoms with E-state index in [1.807, 2.05) is 32.3 Å². The summed E-state index contributed by atoms with van der Waals surface area (Å²) >= 11 is 6.00. The first kappa shape index (κ1) is 11.1. The van der Waals surface area contributed by atoms with Crippen LogP contribution in [0.2, 0.25) is 5.28 Å². The lowest BCUT2D eigenvalue weighted by Gasteiger charge is -2.14. The van der Waals surface area contributed by atoms with Crippen LogP contribution < -0.4 is 0 Å². The summed E-state index contributed by atoms with van der Waals surface area (Å²) < 4.78 is 7.00. The summed E-state index contributed by atoms with van der Waals surface area (Å²) in [4.78, 5) is 0. The van der Waals surface area contributed by atoms with Crippen LogP contribution in [-0.2, 0) is 0 Å². The van der Waals surface area contributed by atoms with Crippen LogP contribution in [0, 0.1) is 20.8 Å². The molecular weight excluding hydrogens is 228 g/mol. The Morgan fingerprint density at radius 1 is 1.25 bits per heavy atom. The van der Waals surface area contributed by atoms with E-state index in [4.69, 9.17) is 16.1 Å². The summed E-state index contributed by atoms with van der Waals surface area (Å²) in [6, 6.07) is 0.0220. The molecule has 2 aromatic rings. The van der Waals surface area contributed by atoms with E-state index < -0.39 is 0 Å².